The minimum atomic E-state index is 0.161. The van der Waals surface area contributed by atoms with E-state index in [1.165, 1.54) is 38.8 Å². The Balaban J connectivity index is 0.000000270. The summed E-state index contributed by atoms with van der Waals surface area (Å²) in [5.74, 6) is 0.584. The lowest BCUT2D eigenvalue weighted by molar-refractivity contribution is 0.594. The number of rotatable bonds is 2. The zero-order valence-corrected chi connectivity index (χ0v) is 26.7. The van der Waals surface area contributed by atoms with Crippen molar-refractivity contribution < 1.29 is 0 Å². The van der Waals surface area contributed by atoms with E-state index in [9.17, 15) is 0 Å². The van der Waals surface area contributed by atoms with E-state index in [0.29, 0.717) is 5.92 Å². The van der Waals surface area contributed by atoms with Crippen molar-refractivity contribution in [1.29, 1.82) is 0 Å². The van der Waals surface area contributed by atoms with Crippen LogP contribution in [0.1, 0.15) is 98.4 Å². The second-order valence-corrected chi connectivity index (χ2v) is 11.5. The molecule has 0 aliphatic carbocycles. The molecule has 0 radical (unpaired) electrons. The molecule has 0 saturated carbocycles. The molecule has 0 fully saturated rings. The van der Waals surface area contributed by atoms with E-state index < -0.39 is 0 Å². The summed E-state index contributed by atoms with van der Waals surface area (Å²) in [5, 5.41) is 3.31. The van der Waals surface area contributed by atoms with Crippen LogP contribution in [0.2, 0.25) is 0 Å². The lowest BCUT2D eigenvalue weighted by Crippen LogP contribution is -2.11. The van der Waals surface area contributed by atoms with Crippen LogP contribution in [-0.4, -0.2) is 15.0 Å². The highest BCUT2D eigenvalue weighted by molar-refractivity contribution is 7.16. The molecule has 5 aromatic rings. The summed E-state index contributed by atoms with van der Waals surface area (Å²) in [7, 11) is 0. The highest BCUT2D eigenvalue weighted by Gasteiger charge is 2.16. The van der Waals surface area contributed by atoms with Gasteiger partial charge in [-0.3, -0.25) is 4.98 Å². The van der Waals surface area contributed by atoms with Gasteiger partial charge in [-0.15, -0.1) is 22.7 Å². The fraction of sp³-hybridized carbons (Fsp3) is 0.424. The number of pyridine rings is 1. The van der Waals surface area contributed by atoms with Gasteiger partial charge in [0.1, 0.15) is 0 Å². The van der Waals surface area contributed by atoms with Gasteiger partial charge in [-0.2, -0.15) is 0 Å². The van der Waals surface area contributed by atoms with Gasteiger partial charge in [0.05, 0.1) is 32.4 Å². The van der Waals surface area contributed by atoms with E-state index >= 15 is 0 Å². The summed E-state index contributed by atoms with van der Waals surface area (Å²) in [6.07, 6.45) is 4.18. The molecule has 206 valence electrons. The second kappa shape index (κ2) is 17.8. The molecule has 0 saturated heterocycles. The SMILES string of the molecule is CC.CC(C)(C)c1cccc2cccnc12.CC(C)c1cscn1.CCC.CCc1cccc2scnc12. The first-order valence-electron chi connectivity index (χ1n) is 13.8. The Labute approximate surface area is 239 Å². The molecular weight excluding hydrogens is 503 g/mol. The molecule has 0 amide bonds. The van der Waals surface area contributed by atoms with Crippen LogP contribution in [0.5, 0.6) is 0 Å². The first-order valence-corrected chi connectivity index (χ1v) is 15.6. The number of aromatic nitrogens is 3. The number of benzene rings is 2. The van der Waals surface area contributed by atoms with E-state index in [2.05, 4.69) is 118 Å². The zero-order valence-electron chi connectivity index (χ0n) is 25.1. The minimum Gasteiger partial charge on any atom is -0.256 e. The van der Waals surface area contributed by atoms with E-state index in [1.807, 2.05) is 37.1 Å². The molecule has 0 bridgehead atoms. The molecule has 0 aliphatic heterocycles. The standard InChI is InChI=1S/C13H15N.C9H9NS.C6H9NS.C3H8.C2H6/c1-13(2,3)11-8-4-6-10-7-5-9-14-12(10)11;1-2-7-4-3-5-8-9(7)10-6-11-8;1-5(2)6-3-8-4-7-6;1-3-2;1-2/h4-9H,1-3H3;3-6H,2H2,1H3;3-5H,1-2H3;3H2,1-2H3;1-2H3. The Morgan fingerprint density at radius 3 is 2.00 bits per heavy atom. The van der Waals surface area contributed by atoms with Crippen molar-refractivity contribution in [3.63, 3.8) is 0 Å². The van der Waals surface area contributed by atoms with E-state index in [1.54, 1.807) is 22.7 Å². The summed E-state index contributed by atoms with van der Waals surface area (Å²) >= 11 is 3.36. The van der Waals surface area contributed by atoms with Gasteiger partial charge >= 0.3 is 0 Å². The van der Waals surface area contributed by atoms with Crippen LogP contribution in [0, 0.1) is 0 Å². The maximum absolute atomic E-state index is 4.45. The molecule has 3 heterocycles. The Bertz CT molecular complexity index is 1280. The quantitative estimate of drug-likeness (QED) is 0.220. The van der Waals surface area contributed by atoms with Gasteiger partial charge in [0.25, 0.3) is 0 Å². The molecule has 0 atom stereocenters. The highest BCUT2D eigenvalue weighted by Crippen LogP contribution is 2.28. The van der Waals surface area contributed by atoms with Gasteiger partial charge in [0, 0.05) is 17.0 Å². The Kier molecular flexibility index (Phi) is 15.6. The fourth-order valence-corrected chi connectivity index (χ4v) is 4.89. The predicted molar refractivity (Wildman–Crippen MR) is 173 cm³/mol. The minimum absolute atomic E-state index is 0.161. The highest BCUT2D eigenvalue weighted by atomic mass is 32.1. The van der Waals surface area contributed by atoms with E-state index in [4.69, 9.17) is 0 Å². The van der Waals surface area contributed by atoms with Gasteiger partial charge in [-0.1, -0.05) is 112 Å². The van der Waals surface area contributed by atoms with E-state index in [0.717, 1.165) is 11.9 Å². The van der Waals surface area contributed by atoms with Gasteiger partial charge < -0.3 is 0 Å². The monoisotopic (exact) mass is 549 g/mol. The normalized spacial score (nSPS) is 10.3. The van der Waals surface area contributed by atoms with E-state index in [-0.39, 0.29) is 5.41 Å². The Hall–Kier alpha value is -2.63. The molecule has 38 heavy (non-hydrogen) atoms. The number of aryl methyl sites for hydroxylation is 1. The fourth-order valence-electron chi connectivity index (χ4n) is 3.45. The number of fused-ring (bicyclic) bond motifs is 2. The third-order valence-electron chi connectivity index (χ3n) is 5.31. The lowest BCUT2D eigenvalue weighted by Gasteiger charge is -2.20. The second-order valence-electron chi connectivity index (χ2n) is 9.88. The van der Waals surface area contributed by atoms with Gasteiger partial charge in [0.2, 0.25) is 0 Å². The Morgan fingerprint density at radius 1 is 0.789 bits per heavy atom. The van der Waals surface area contributed by atoms with Gasteiger partial charge in [-0.25, -0.2) is 9.97 Å². The Morgan fingerprint density at radius 2 is 1.45 bits per heavy atom. The summed E-state index contributed by atoms with van der Waals surface area (Å²) < 4.78 is 1.30. The molecule has 0 N–H and O–H groups in total. The lowest BCUT2D eigenvalue weighted by atomic mass is 9.85. The number of para-hydroxylation sites is 2. The maximum Gasteiger partial charge on any atom is 0.0843 e. The molecule has 5 heteroatoms. The number of nitrogens with zero attached hydrogens (tertiary/aromatic N) is 3. The molecule has 3 nitrogen and oxygen atoms in total. The van der Waals surface area contributed by atoms with Crippen LogP contribution in [0.3, 0.4) is 0 Å². The summed E-state index contributed by atoms with van der Waals surface area (Å²) in [6.45, 7) is 21.4. The van der Waals surface area contributed by atoms with Crippen LogP contribution in [-0.2, 0) is 11.8 Å². The third kappa shape index (κ3) is 10.6. The number of thiazole rings is 2. The molecular formula is C33H47N3S2. The topological polar surface area (TPSA) is 38.7 Å². The molecule has 0 aliphatic rings. The van der Waals surface area contributed by atoms with Crippen molar-refractivity contribution in [2.45, 2.75) is 93.4 Å². The number of hydrogen-bond donors (Lipinski definition) is 0. The van der Waals surface area contributed by atoms with Crippen molar-refractivity contribution in [2.24, 2.45) is 0 Å². The van der Waals surface area contributed by atoms with Crippen LogP contribution in [0.15, 0.2) is 71.1 Å². The predicted octanol–water partition coefficient (Wildman–Crippen LogP) is 11.1. The first-order chi connectivity index (χ1) is 18.2. The van der Waals surface area contributed by atoms with Crippen molar-refractivity contribution >= 4 is 43.8 Å². The van der Waals surface area contributed by atoms with Crippen LogP contribution in [0.25, 0.3) is 21.1 Å². The van der Waals surface area contributed by atoms with Crippen LogP contribution in [0.4, 0.5) is 0 Å². The van der Waals surface area contributed by atoms with Gasteiger partial charge in [0.15, 0.2) is 0 Å². The van der Waals surface area contributed by atoms with Crippen LogP contribution < -0.4 is 0 Å². The van der Waals surface area contributed by atoms with Crippen molar-refractivity contribution in [3.8, 4) is 0 Å². The molecule has 0 unspecified atom stereocenters. The van der Waals surface area contributed by atoms with Crippen molar-refractivity contribution in [2.75, 3.05) is 0 Å². The average Bonchev–Trinajstić information content (AvgIpc) is 3.63. The smallest absolute Gasteiger partial charge is 0.0843 e. The maximum atomic E-state index is 4.45. The molecule has 0 spiro atoms. The average molecular weight is 550 g/mol. The summed E-state index contributed by atoms with van der Waals surface area (Å²) in [5.41, 5.74) is 10.1. The molecule has 3 aromatic heterocycles. The first kappa shape index (κ1) is 33.4. The third-order valence-corrected chi connectivity index (χ3v) is 6.71. The van der Waals surface area contributed by atoms with Gasteiger partial charge in [-0.05, 0) is 41.0 Å². The summed E-state index contributed by atoms with van der Waals surface area (Å²) in [6, 6.07) is 16.8. The van der Waals surface area contributed by atoms with Crippen molar-refractivity contribution in [3.05, 3.63) is 87.9 Å². The summed E-state index contributed by atoms with van der Waals surface area (Å²) in [4.78, 5) is 12.9. The van der Waals surface area contributed by atoms with Crippen LogP contribution >= 0.6 is 22.7 Å². The molecule has 5 rings (SSSR count). The largest absolute Gasteiger partial charge is 0.256 e. The zero-order chi connectivity index (χ0) is 28.6. The van der Waals surface area contributed by atoms with Crippen molar-refractivity contribution in [1.82, 2.24) is 15.0 Å². The number of hydrogen-bond acceptors (Lipinski definition) is 5. The molecule has 2 aromatic carbocycles.